The maximum atomic E-state index is 12.4. The Morgan fingerprint density at radius 2 is 1.87 bits per heavy atom. The number of aromatic hydroxyl groups is 1. The van der Waals surface area contributed by atoms with E-state index in [0.717, 1.165) is 31.6 Å². The van der Waals surface area contributed by atoms with Gasteiger partial charge in [-0.25, -0.2) is 0 Å². The van der Waals surface area contributed by atoms with Gasteiger partial charge in [0.2, 0.25) is 11.8 Å². The number of para-hydroxylation sites is 1. The number of thiazole rings is 1. The molecule has 122 valence electrons. The summed E-state index contributed by atoms with van der Waals surface area (Å²) in [6, 6.07) is 9.66. The van der Waals surface area contributed by atoms with Gasteiger partial charge in [0, 0.05) is 18.8 Å². The molecule has 1 saturated heterocycles. The second-order valence-corrected chi connectivity index (χ2v) is 6.81. The monoisotopic (exact) mass is 331 g/mol. The Kier molecular flexibility index (Phi) is 5.12. The Balaban J connectivity index is 1.65. The number of rotatable bonds is 4. The predicted octanol–water partition coefficient (Wildman–Crippen LogP) is 3.54. The number of benzene rings is 1. The van der Waals surface area contributed by atoms with Gasteiger partial charge in [0.05, 0.1) is 11.3 Å². The van der Waals surface area contributed by atoms with E-state index >= 15 is 0 Å². The van der Waals surface area contributed by atoms with E-state index in [9.17, 15) is 9.90 Å². The van der Waals surface area contributed by atoms with Gasteiger partial charge in [-0.15, -0.1) is 0 Å². The molecule has 5 nitrogen and oxygen atoms in total. The first-order chi connectivity index (χ1) is 11.2. The fourth-order valence-electron chi connectivity index (χ4n) is 2.73. The number of nitrogens with zero attached hydrogens (tertiary/aromatic N) is 2. The molecule has 1 aromatic heterocycles. The number of anilines is 2. The lowest BCUT2D eigenvalue weighted by Gasteiger charge is -2.19. The van der Waals surface area contributed by atoms with Crippen LogP contribution in [0.4, 0.5) is 10.8 Å². The standard InChI is InChI=1S/C17H21N3O2S/c21-15(20-10-6-1-2-7-11-20)12-14-16(22)19-17(23-14)18-13-8-4-3-5-9-13/h3-5,8-9,22H,1-2,6-7,10-12H2,(H,18,19). The average Bonchev–Trinajstić information content (AvgIpc) is 2.77. The minimum atomic E-state index is -0.0448. The molecular formula is C17H21N3O2S. The quantitative estimate of drug-likeness (QED) is 0.899. The van der Waals surface area contributed by atoms with E-state index in [1.54, 1.807) is 0 Å². The van der Waals surface area contributed by atoms with Gasteiger partial charge in [-0.1, -0.05) is 42.4 Å². The summed E-state index contributed by atoms with van der Waals surface area (Å²) >= 11 is 1.33. The average molecular weight is 331 g/mol. The first-order valence-corrected chi connectivity index (χ1v) is 8.82. The van der Waals surface area contributed by atoms with E-state index < -0.39 is 0 Å². The highest BCUT2D eigenvalue weighted by molar-refractivity contribution is 7.16. The Hall–Kier alpha value is -2.08. The van der Waals surface area contributed by atoms with Crippen LogP contribution in [-0.2, 0) is 11.2 Å². The zero-order valence-electron chi connectivity index (χ0n) is 13.0. The van der Waals surface area contributed by atoms with Crippen molar-refractivity contribution in [2.75, 3.05) is 18.4 Å². The van der Waals surface area contributed by atoms with Gasteiger partial charge >= 0.3 is 0 Å². The van der Waals surface area contributed by atoms with Crippen molar-refractivity contribution in [1.29, 1.82) is 0 Å². The molecular weight excluding hydrogens is 310 g/mol. The van der Waals surface area contributed by atoms with Gasteiger partial charge in [0.25, 0.3) is 0 Å². The van der Waals surface area contributed by atoms with Gasteiger partial charge in [0.15, 0.2) is 5.13 Å². The molecule has 2 N–H and O–H groups in total. The van der Waals surface area contributed by atoms with Crippen LogP contribution in [-0.4, -0.2) is 34.0 Å². The summed E-state index contributed by atoms with van der Waals surface area (Å²) in [5.74, 6) is 0.0358. The number of likely N-dealkylation sites (tertiary alicyclic amines) is 1. The molecule has 6 heteroatoms. The smallest absolute Gasteiger partial charge is 0.228 e. The molecule has 1 fully saturated rings. The van der Waals surface area contributed by atoms with E-state index in [1.807, 2.05) is 35.2 Å². The van der Waals surface area contributed by atoms with Crippen molar-refractivity contribution in [3.05, 3.63) is 35.2 Å². The molecule has 0 spiro atoms. The number of carbonyl (C=O) groups is 1. The fourth-order valence-corrected chi connectivity index (χ4v) is 3.59. The van der Waals surface area contributed by atoms with Crippen LogP contribution in [0.1, 0.15) is 30.6 Å². The summed E-state index contributed by atoms with van der Waals surface area (Å²) in [4.78, 5) is 19.1. The fraction of sp³-hybridized carbons (Fsp3) is 0.412. The first-order valence-electron chi connectivity index (χ1n) is 8.01. The molecule has 0 saturated carbocycles. The molecule has 1 aliphatic rings. The topological polar surface area (TPSA) is 65.5 Å². The third kappa shape index (κ3) is 4.22. The van der Waals surface area contributed by atoms with Crippen molar-refractivity contribution in [2.45, 2.75) is 32.1 Å². The van der Waals surface area contributed by atoms with E-state index in [-0.39, 0.29) is 18.2 Å². The highest BCUT2D eigenvalue weighted by Gasteiger charge is 2.20. The Morgan fingerprint density at radius 3 is 2.57 bits per heavy atom. The molecule has 1 aliphatic heterocycles. The molecule has 0 aliphatic carbocycles. The number of aromatic nitrogens is 1. The highest BCUT2D eigenvalue weighted by Crippen LogP contribution is 2.31. The maximum Gasteiger partial charge on any atom is 0.228 e. The van der Waals surface area contributed by atoms with Crippen LogP contribution in [0, 0.1) is 0 Å². The summed E-state index contributed by atoms with van der Waals surface area (Å²) in [7, 11) is 0. The molecule has 2 heterocycles. The molecule has 0 atom stereocenters. The third-order valence-corrected chi connectivity index (χ3v) is 4.93. The lowest BCUT2D eigenvalue weighted by Crippen LogP contribution is -2.32. The van der Waals surface area contributed by atoms with Crippen molar-refractivity contribution >= 4 is 28.1 Å². The number of carbonyl (C=O) groups excluding carboxylic acids is 1. The number of hydrogen-bond acceptors (Lipinski definition) is 5. The van der Waals surface area contributed by atoms with Crippen LogP contribution in [0.25, 0.3) is 0 Å². The van der Waals surface area contributed by atoms with Gasteiger partial charge in [0.1, 0.15) is 0 Å². The largest absolute Gasteiger partial charge is 0.492 e. The Morgan fingerprint density at radius 1 is 1.17 bits per heavy atom. The number of hydrogen-bond donors (Lipinski definition) is 2. The normalized spacial score (nSPS) is 15.2. The summed E-state index contributed by atoms with van der Waals surface area (Å²) in [6.07, 6.45) is 4.75. The zero-order chi connectivity index (χ0) is 16.1. The van der Waals surface area contributed by atoms with Gasteiger partial charge in [-0.2, -0.15) is 4.98 Å². The van der Waals surface area contributed by atoms with Crippen molar-refractivity contribution in [3.8, 4) is 5.88 Å². The van der Waals surface area contributed by atoms with Gasteiger partial charge in [-0.05, 0) is 25.0 Å². The van der Waals surface area contributed by atoms with Crippen molar-refractivity contribution in [3.63, 3.8) is 0 Å². The third-order valence-electron chi connectivity index (χ3n) is 3.97. The Bertz CT molecular complexity index is 649. The van der Waals surface area contributed by atoms with Crippen LogP contribution < -0.4 is 5.32 Å². The summed E-state index contributed by atoms with van der Waals surface area (Å²) in [5, 5.41) is 13.8. The van der Waals surface area contributed by atoms with Crippen molar-refractivity contribution < 1.29 is 9.90 Å². The lowest BCUT2D eigenvalue weighted by molar-refractivity contribution is -0.130. The summed E-state index contributed by atoms with van der Waals surface area (Å²) in [6.45, 7) is 1.65. The molecule has 1 amide bonds. The van der Waals surface area contributed by atoms with E-state index in [0.29, 0.717) is 10.0 Å². The van der Waals surface area contributed by atoms with E-state index in [2.05, 4.69) is 10.3 Å². The van der Waals surface area contributed by atoms with Crippen LogP contribution >= 0.6 is 11.3 Å². The second kappa shape index (κ2) is 7.46. The van der Waals surface area contributed by atoms with Gasteiger partial charge in [-0.3, -0.25) is 4.79 Å². The molecule has 2 aromatic rings. The van der Waals surface area contributed by atoms with Crippen LogP contribution in [0.3, 0.4) is 0 Å². The van der Waals surface area contributed by atoms with Crippen LogP contribution in [0.15, 0.2) is 30.3 Å². The summed E-state index contributed by atoms with van der Waals surface area (Å²) in [5.41, 5.74) is 0.909. The predicted molar refractivity (Wildman–Crippen MR) is 92.3 cm³/mol. The summed E-state index contributed by atoms with van der Waals surface area (Å²) < 4.78 is 0. The van der Waals surface area contributed by atoms with E-state index in [4.69, 9.17) is 0 Å². The van der Waals surface area contributed by atoms with E-state index in [1.165, 1.54) is 24.2 Å². The van der Waals surface area contributed by atoms with Crippen LogP contribution in [0.2, 0.25) is 0 Å². The SMILES string of the molecule is O=C(Cc1sc(Nc2ccccc2)nc1O)N1CCCCCC1. The number of nitrogens with one attached hydrogen (secondary N) is 1. The molecule has 3 rings (SSSR count). The lowest BCUT2D eigenvalue weighted by atomic mass is 10.2. The molecule has 0 unspecified atom stereocenters. The minimum Gasteiger partial charge on any atom is -0.492 e. The van der Waals surface area contributed by atoms with Crippen molar-refractivity contribution in [2.24, 2.45) is 0 Å². The molecule has 23 heavy (non-hydrogen) atoms. The second-order valence-electron chi connectivity index (χ2n) is 5.73. The molecule has 1 aromatic carbocycles. The Labute approximate surface area is 140 Å². The van der Waals surface area contributed by atoms with Crippen LogP contribution in [0.5, 0.6) is 5.88 Å². The molecule has 0 radical (unpaired) electrons. The van der Waals surface area contributed by atoms with Crippen molar-refractivity contribution in [1.82, 2.24) is 9.88 Å². The highest BCUT2D eigenvalue weighted by atomic mass is 32.1. The maximum absolute atomic E-state index is 12.4. The zero-order valence-corrected chi connectivity index (χ0v) is 13.8. The number of amides is 1. The molecule has 0 bridgehead atoms. The first kappa shape index (κ1) is 15.8. The van der Waals surface area contributed by atoms with Gasteiger partial charge < -0.3 is 15.3 Å². The minimum absolute atomic E-state index is 0.0448.